The Kier molecular flexibility index (Phi) is 6.06. The average Bonchev–Trinajstić information content (AvgIpc) is 3.21. The second-order valence-electron chi connectivity index (χ2n) is 7.40. The second-order valence-corrected chi connectivity index (χ2v) is 9.17. The number of hydrogen-bond donors (Lipinski definition) is 3. The van der Waals surface area contributed by atoms with E-state index in [-0.39, 0.29) is 11.4 Å². The zero-order valence-electron chi connectivity index (χ0n) is 17.5. The summed E-state index contributed by atoms with van der Waals surface area (Å²) in [6, 6.07) is 14.8. The van der Waals surface area contributed by atoms with Crippen LogP contribution in [0.5, 0.6) is 5.75 Å². The van der Waals surface area contributed by atoms with E-state index in [1.807, 2.05) is 44.2 Å². The number of nitrogens with one attached hydrogen (secondary N) is 3. The fourth-order valence-electron chi connectivity index (χ4n) is 3.27. The van der Waals surface area contributed by atoms with Gasteiger partial charge in [-0.05, 0) is 49.7 Å². The first-order chi connectivity index (χ1) is 14.9. The highest BCUT2D eigenvalue weighted by molar-refractivity contribution is 7.89. The fraction of sp³-hybridized carbons (Fsp3) is 0.273. The van der Waals surface area contributed by atoms with Gasteiger partial charge < -0.3 is 15.4 Å². The monoisotopic (exact) mass is 439 g/mol. The van der Waals surface area contributed by atoms with Crippen molar-refractivity contribution in [2.45, 2.75) is 25.2 Å². The molecule has 0 saturated heterocycles. The third-order valence-electron chi connectivity index (χ3n) is 4.85. The molecule has 1 aliphatic rings. The summed E-state index contributed by atoms with van der Waals surface area (Å²) in [5, 5.41) is 6.33. The van der Waals surface area contributed by atoms with Gasteiger partial charge in [-0.25, -0.2) is 18.1 Å². The van der Waals surface area contributed by atoms with Gasteiger partial charge in [0.15, 0.2) is 0 Å². The minimum absolute atomic E-state index is 0.202. The van der Waals surface area contributed by atoms with Crippen molar-refractivity contribution in [1.29, 1.82) is 0 Å². The van der Waals surface area contributed by atoms with Crippen LogP contribution in [-0.4, -0.2) is 38.1 Å². The van der Waals surface area contributed by atoms with Crippen molar-refractivity contribution in [1.82, 2.24) is 14.7 Å². The first-order valence-corrected chi connectivity index (χ1v) is 11.6. The van der Waals surface area contributed by atoms with Crippen LogP contribution in [0.15, 0.2) is 53.4 Å². The Hall–Kier alpha value is -3.17. The average molecular weight is 440 g/mol. The quantitative estimate of drug-likeness (QED) is 0.463. The molecule has 1 aromatic heterocycles. The Morgan fingerprint density at radius 3 is 2.61 bits per heavy atom. The van der Waals surface area contributed by atoms with Gasteiger partial charge in [0, 0.05) is 37.0 Å². The summed E-state index contributed by atoms with van der Waals surface area (Å²) in [7, 11) is -3.60. The maximum atomic E-state index is 12.6. The van der Waals surface area contributed by atoms with Crippen LogP contribution in [0.2, 0.25) is 0 Å². The maximum absolute atomic E-state index is 12.6. The van der Waals surface area contributed by atoms with Gasteiger partial charge in [-0.1, -0.05) is 17.7 Å². The number of ether oxygens (including phenoxy) is 1. The number of rotatable bonds is 8. The molecule has 9 heteroatoms. The molecule has 1 aliphatic heterocycles. The Labute approximate surface area is 182 Å². The van der Waals surface area contributed by atoms with Crippen molar-refractivity contribution in [3.63, 3.8) is 0 Å². The second kappa shape index (κ2) is 8.91. The minimum Gasteiger partial charge on any atom is -0.493 e. The molecule has 3 aromatic rings. The van der Waals surface area contributed by atoms with E-state index in [0.29, 0.717) is 24.9 Å². The molecular formula is C22H25N5O3S. The molecule has 0 amide bonds. The summed E-state index contributed by atoms with van der Waals surface area (Å²) < 4.78 is 33.2. The molecule has 4 rings (SSSR count). The summed E-state index contributed by atoms with van der Waals surface area (Å²) in [6.45, 7) is 5.06. The summed E-state index contributed by atoms with van der Waals surface area (Å²) in [5.41, 5.74) is 3.83. The van der Waals surface area contributed by atoms with E-state index in [1.54, 1.807) is 18.2 Å². The van der Waals surface area contributed by atoms with Crippen molar-refractivity contribution in [2.75, 3.05) is 30.3 Å². The van der Waals surface area contributed by atoms with Crippen LogP contribution in [0.1, 0.15) is 16.8 Å². The van der Waals surface area contributed by atoms with Crippen molar-refractivity contribution in [2.24, 2.45) is 0 Å². The van der Waals surface area contributed by atoms with Gasteiger partial charge >= 0.3 is 0 Å². The first kappa shape index (κ1) is 21.1. The molecule has 8 nitrogen and oxygen atoms in total. The minimum atomic E-state index is -3.60. The largest absolute Gasteiger partial charge is 0.493 e. The topological polar surface area (TPSA) is 105 Å². The standard InChI is InChI=1S/C22H25N5O3S/c1-15-3-5-18(6-4-15)26-21-13-16(2)25-22(27-21)23-10-11-24-31(28,29)19-7-8-20-17(14-19)9-12-30-20/h3-8,13-14,24H,9-12H2,1-2H3,(H2,23,25,26,27). The van der Waals surface area contributed by atoms with E-state index >= 15 is 0 Å². The van der Waals surface area contributed by atoms with Crippen LogP contribution in [0.25, 0.3) is 0 Å². The molecule has 0 atom stereocenters. The lowest BCUT2D eigenvalue weighted by Gasteiger charge is -2.11. The van der Waals surface area contributed by atoms with E-state index in [1.165, 1.54) is 5.56 Å². The number of anilines is 3. The van der Waals surface area contributed by atoms with Gasteiger partial charge in [0.2, 0.25) is 16.0 Å². The van der Waals surface area contributed by atoms with E-state index in [4.69, 9.17) is 4.74 Å². The lowest BCUT2D eigenvalue weighted by Crippen LogP contribution is -2.29. The number of hydrogen-bond acceptors (Lipinski definition) is 7. The predicted octanol–water partition coefficient (Wildman–Crippen LogP) is 3.16. The molecule has 0 unspecified atom stereocenters. The molecule has 0 fully saturated rings. The third-order valence-corrected chi connectivity index (χ3v) is 6.31. The smallest absolute Gasteiger partial charge is 0.240 e. The van der Waals surface area contributed by atoms with Gasteiger partial charge in [0.25, 0.3) is 0 Å². The third kappa shape index (κ3) is 5.31. The van der Waals surface area contributed by atoms with E-state index in [9.17, 15) is 8.42 Å². The van der Waals surface area contributed by atoms with Gasteiger partial charge in [0.1, 0.15) is 11.6 Å². The van der Waals surface area contributed by atoms with E-state index in [2.05, 4.69) is 25.3 Å². The van der Waals surface area contributed by atoms with E-state index < -0.39 is 10.0 Å². The Bertz CT molecular complexity index is 1180. The van der Waals surface area contributed by atoms with Gasteiger partial charge in [-0.2, -0.15) is 4.98 Å². The molecule has 2 heterocycles. The van der Waals surface area contributed by atoms with Crippen LogP contribution < -0.4 is 20.1 Å². The fourth-order valence-corrected chi connectivity index (χ4v) is 4.35. The van der Waals surface area contributed by atoms with Crippen LogP contribution in [0, 0.1) is 13.8 Å². The highest BCUT2D eigenvalue weighted by Crippen LogP contribution is 2.27. The molecule has 0 bridgehead atoms. The van der Waals surface area contributed by atoms with Crippen LogP contribution in [0.4, 0.5) is 17.5 Å². The molecular weight excluding hydrogens is 414 g/mol. The first-order valence-electron chi connectivity index (χ1n) is 10.1. The van der Waals surface area contributed by atoms with Crippen molar-refractivity contribution >= 4 is 27.5 Å². The highest BCUT2D eigenvalue weighted by atomic mass is 32.2. The number of benzene rings is 2. The number of aryl methyl sites for hydroxylation is 2. The summed E-state index contributed by atoms with van der Waals surface area (Å²) in [5.74, 6) is 1.86. The van der Waals surface area contributed by atoms with E-state index in [0.717, 1.165) is 29.1 Å². The zero-order chi connectivity index (χ0) is 21.8. The number of fused-ring (bicyclic) bond motifs is 1. The SMILES string of the molecule is Cc1ccc(Nc2cc(C)nc(NCCNS(=O)(=O)c3ccc4c(c3)CCO4)n2)cc1. The molecule has 162 valence electrons. The molecule has 0 radical (unpaired) electrons. The Balaban J connectivity index is 1.34. The normalized spacial score (nSPS) is 12.8. The summed E-state index contributed by atoms with van der Waals surface area (Å²) >= 11 is 0. The van der Waals surface area contributed by atoms with Gasteiger partial charge in [-0.3, -0.25) is 0 Å². The lowest BCUT2D eigenvalue weighted by molar-refractivity contribution is 0.356. The summed E-state index contributed by atoms with van der Waals surface area (Å²) in [4.78, 5) is 9.07. The molecule has 2 aromatic carbocycles. The van der Waals surface area contributed by atoms with Crippen molar-refractivity contribution in [3.8, 4) is 5.75 Å². The predicted molar refractivity (Wildman–Crippen MR) is 121 cm³/mol. The summed E-state index contributed by atoms with van der Waals surface area (Å²) in [6.07, 6.45) is 0.726. The Morgan fingerprint density at radius 1 is 1.00 bits per heavy atom. The molecule has 31 heavy (non-hydrogen) atoms. The molecule has 3 N–H and O–H groups in total. The maximum Gasteiger partial charge on any atom is 0.240 e. The Morgan fingerprint density at radius 2 is 1.81 bits per heavy atom. The zero-order valence-corrected chi connectivity index (χ0v) is 18.3. The van der Waals surface area contributed by atoms with Gasteiger partial charge in [0.05, 0.1) is 11.5 Å². The lowest BCUT2D eigenvalue weighted by atomic mass is 10.2. The molecule has 0 aliphatic carbocycles. The number of sulfonamides is 1. The number of nitrogens with zero attached hydrogens (tertiary/aromatic N) is 2. The highest BCUT2D eigenvalue weighted by Gasteiger charge is 2.18. The molecule has 0 spiro atoms. The number of aromatic nitrogens is 2. The van der Waals surface area contributed by atoms with Crippen molar-refractivity contribution < 1.29 is 13.2 Å². The van der Waals surface area contributed by atoms with Crippen molar-refractivity contribution in [3.05, 3.63) is 65.4 Å². The van der Waals surface area contributed by atoms with Crippen LogP contribution in [-0.2, 0) is 16.4 Å². The van der Waals surface area contributed by atoms with Gasteiger partial charge in [-0.15, -0.1) is 0 Å². The van der Waals surface area contributed by atoms with Crippen LogP contribution in [0.3, 0.4) is 0 Å². The molecule has 0 saturated carbocycles. The van der Waals surface area contributed by atoms with Crippen LogP contribution >= 0.6 is 0 Å².